The molecule has 0 amide bonds. The zero-order valence-corrected chi connectivity index (χ0v) is 9.75. The van der Waals surface area contributed by atoms with E-state index >= 15 is 0 Å². The molecule has 0 aromatic rings. The fourth-order valence-corrected chi connectivity index (χ4v) is 10.8. The lowest BCUT2D eigenvalue weighted by Crippen LogP contribution is -2.89. The molecule has 0 aromatic heterocycles. The molecule has 0 aromatic carbocycles. The van der Waals surface area contributed by atoms with Crippen molar-refractivity contribution in [3.63, 3.8) is 0 Å². The lowest BCUT2D eigenvalue weighted by atomic mass is 9.11. The molecule has 15 heavy (non-hydrogen) atoms. The van der Waals surface area contributed by atoms with Crippen molar-refractivity contribution in [1.29, 1.82) is 0 Å². The zero-order valence-electron chi connectivity index (χ0n) is 9.75. The maximum absolute atomic E-state index is 2.66. The van der Waals surface area contributed by atoms with Crippen LogP contribution in [0.2, 0.25) is 0 Å². The van der Waals surface area contributed by atoms with Gasteiger partial charge < -0.3 is 0 Å². The van der Waals surface area contributed by atoms with Crippen molar-refractivity contribution >= 4 is 0 Å². The van der Waals surface area contributed by atoms with Crippen LogP contribution < -0.4 is 0 Å². The average Bonchev–Trinajstić information content (AvgIpc) is 2.94. The molecule has 8 aliphatic carbocycles. The van der Waals surface area contributed by atoms with Gasteiger partial charge in [-0.3, -0.25) is 0 Å². The largest absolute Gasteiger partial charge is 0.0619 e. The fourth-order valence-electron chi connectivity index (χ4n) is 10.8. The minimum absolute atomic E-state index is 0.782. The van der Waals surface area contributed by atoms with Crippen LogP contribution in [0.15, 0.2) is 0 Å². The van der Waals surface area contributed by atoms with Gasteiger partial charge in [0.25, 0.3) is 0 Å². The lowest BCUT2D eigenvalue weighted by Gasteiger charge is -2.93. The van der Waals surface area contributed by atoms with Crippen LogP contribution in [0.5, 0.6) is 0 Å². The van der Waals surface area contributed by atoms with E-state index in [1.54, 1.807) is 6.42 Å². The maximum Gasteiger partial charge on any atom is -0.00997 e. The highest BCUT2D eigenvalue weighted by atomic mass is 15.2. The summed E-state index contributed by atoms with van der Waals surface area (Å²) in [6.07, 6.45) is 1.68. The molecular formula is C15H18. The normalized spacial score (nSPS) is 97.4. The van der Waals surface area contributed by atoms with Gasteiger partial charge in [-0.25, -0.2) is 0 Å². The quantitative estimate of drug-likeness (QED) is 0.561. The minimum Gasteiger partial charge on any atom is -0.0619 e. The van der Waals surface area contributed by atoms with Crippen molar-refractivity contribution in [1.82, 2.24) is 0 Å². The first-order valence-corrected chi connectivity index (χ1v) is 7.13. The van der Waals surface area contributed by atoms with Gasteiger partial charge in [0.1, 0.15) is 0 Å². The van der Waals surface area contributed by atoms with Crippen molar-refractivity contribution in [3.05, 3.63) is 0 Å². The summed E-state index contributed by atoms with van der Waals surface area (Å²) in [6.45, 7) is 7.94. The molecule has 2 bridgehead atoms. The Bertz CT molecular complexity index is 460. The van der Waals surface area contributed by atoms with E-state index < -0.39 is 0 Å². The molecule has 8 saturated carbocycles. The summed E-state index contributed by atoms with van der Waals surface area (Å²) in [4.78, 5) is 0. The predicted molar refractivity (Wildman–Crippen MR) is 55.8 cm³/mol. The lowest BCUT2D eigenvalue weighted by molar-refractivity contribution is -0.467. The minimum atomic E-state index is 0.782. The summed E-state index contributed by atoms with van der Waals surface area (Å²) in [5.74, 6) is 8.54. The Kier molecular flexibility index (Phi) is 0.497. The number of rotatable bonds is 0. The molecule has 0 aliphatic heterocycles. The summed E-state index contributed by atoms with van der Waals surface area (Å²) in [6, 6.07) is 0. The molecule has 0 N–H and O–H groups in total. The smallest absolute Gasteiger partial charge is 0.00997 e. The Hall–Kier alpha value is 0. The summed E-state index contributed by atoms with van der Waals surface area (Å²) in [5, 5.41) is 0. The molecule has 78 valence electrons. The van der Waals surface area contributed by atoms with Crippen molar-refractivity contribution in [2.75, 3.05) is 0 Å². The van der Waals surface area contributed by atoms with E-state index in [-0.39, 0.29) is 0 Å². The van der Waals surface area contributed by atoms with Crippen LogP contribution in [0, 0.1) is 63.1 Å². The molecular weight excluding hydrogens is 180 g/mol. The molecule has 0 nitrogen and oxygen atoms in total. The molecule has 0 heterocycles. The SMILES string of the molecule is CC1C2C3C4CC5C6C1C61C(C)(C)C23C451. The number of hydrogen-bond donors (Lipinski definition) is 0. The summed E-state index contributed by atoms with van der Waals surface area (Å²) >= 11 is 0. The third kappa shape index (κ3) is 0.219. The van der Waals surface area contributed by atoms with E-state index in [0.717, 1.165) is 27.6 Å². The molecule has 0 heteroatoms. The highest BCUT2D eigenvalue weighted by Crippen LogP contribution is 3.24. The van der Waals surface area contributed by atoms with Crippen molar-refractivity contribution in [2.45, 2.75) is 27.2 Å². The van der Waals surface area contributed by atoms with E-state index in [0.29, 0.717) is 0 Å². The second-order valence-corrected chi connectivity index (χ2v) is 8.64. The van der Waals surface area contributed by atoms with Crippen molar-refractivity contribution < 1.29 is 0 Å². The van der Waals surface area contributed by atoms with Crippen LogP contribution in [0.25, 0.3) is 0 Å². The molecule has 8 fully saturated rings. The van der Waals surface area contributed by atoms with Gasteiger partial charge in [0.15, 0.2) is 0 Å². The van der Waals surface area contributed by atoms with E-state index in [1.165, 1.54) is 35.5 Å². The van der Waals surface area contributed by atoms with Gasteiger partial charge in [0.2, 0.25) is 0 Å². The number of hydrogen-bond acceptors (Lipinski definition) is 0. The summed E-state index contributed by atoms with van der Waals surface area (Å²) < 4.78 is 0. The first-order chi connectivity index (χ1) is 7.13. The molecule has 8 rings (SSSR count). The molecule has 8 atom stereocenters. The molecule has 3 spiro atoms. The van der Waals surface area contributed by atoms with Crippen LogP contribution >= 0.6 is 0 Å². The molecule has 8 aliphatic rings. The van der Waals surface area contributed by atoms with Crippen LogP contribution in [-0.4, -0.2) is 0 Å². The monoisotopic (exact) mass is 198 g/mol. The van der Waals surface area contributed by atoms with Gasteiger partial charge in [0.05, 0.1) is 0 Å². The van der Waals surface area contributed by atoms with E-state index in [9.17, 15) is 0 Å². The second-order valence-electron chi connectivity index (χ2n) is 8.64. The van der Waals surface area contributed by atoms with Gasteiger partial charge in [-0.2, -0.15) is 0 Å². The predicted octanol–water partition coefficient (Wildman–Crippen LogP) is 2.79. The second kappa shape index (κ2) is 1.12. The highest BCUT2D eigenvalue weighted by Gasteiger charge is 3.21. The Labute approximate surface area is 90.8 Å². The topological polar surface area (TPSA) is 0 Å². The van der Waals surface area contributed by atoms with Crippen LogP contribution in [0.4, 0.5) is 0 Å². The van der Waals surface area contributed by atoms with E-state index in [2.05, 4.69) is 20.8 Å². The summed E-state index contributed by atoms with van der Waals surface area (Å²) in [7, 11) is 0. The average molecular weight is 198 g/mol. The fraction of sp³-hybridized carbons (Fsp3) is 1.00. The maximum atomic E-state index is 2.66. The van der Waals surface area contributed by atoms with Gasteiger partial charge in [-0.15, -0.1) is 0 Å². The van der Waals surface area contributed by atoms with Crippen molar-refractivity contribution in [2.24, 2.45) is 63.1 Å². The van der Waals surface area contributed by atoms with Gasteiger partial charge >= 0.3 is 0 Å². The number of fused-ring (bicyclic) bond motifs is 2. The summed E-state index contributed by atoms with van der Waals surface area (Å²) in [5.41, 5.74) is 3.68. The Morgan fingerprint density at radius 3 is 1.87 bits per heavy atom. The van der Waals surface area contributed by atoms with Gasteiger partial charge in [-0.05, 0) is 69.5 Å². The highest BCUT2D eigenvalue weighted by molar-refractivity contribution is 5.67. The molecule has 0 saturated heterocycles. The third-order valence-electron chi connectivity index (χ3n) is 9.77. The van der Waals surface area contributed by atoms with E-state index in [1.807, 2.05) is 0 Å². The van der Waals surface area contributed by atoms with E-state index in [4.69, 9.17) is 0 Å². The van der Waals surface area contributed by atoms with Crippen LogP contribution in [0.1, 0.15) is 27.2 Å². The van der Waals surface area contributed by atoms with Gasteiger partial charge in [0, 0.05) is 0 Å². The molecule has 8 unspecified atom stereocenters. The Morgan fingerprint density at radius 2 is 1.33 bits per heavy atom. The van der Waals surface area contributed by atoms with Crippen LogP contribution in [-0.2, 0) is 0 Å². The first-order valence-electron chi connectivity index (χ1n) is 7.13. The van der Waals surface area contributed by atoms with Crippen molar-refractivity contribution in [3.8, 4) is 0 Å². The Balaban J connectivity index is 1.70. The standard InChI is InChI=1S/C15H18/c1-5-8-10-6-4-7-11-9(5)15(11)12(2,3)14(8,10)13(6,7)15/h5-11H,4H2,1-3H3. The van der Waals surface area contributed by atoms with Gasteiger partial charge in [-0.1, -0.05) is 20.8 Å². The molecule has 0 radical (unpaired) electrons. The third-order valence-corrected chi connectivity index (χ3v) is 9.77. The van der Waals surface area contributed by atoms with Crippen LogP contribution in [0.3, 0.4) is 0 Å². The zero-order chi connectivity index (χ0) is 9.75. The Morgan fingerprint density at radius 1 is 0.800 bits per heavy atom. The first kappa shape index (κ1) is 6.67.